The minimum Gasteiger partial charge on any atom is -0.496 e. The number of likely N-dealkylation sites (tertiary alicyclic amines) is 1. The molecular weight excluding hydrogens is 452 g/mol. The number of rotatable bonds is 4. The number of hydrogen-bond donors (Lipinski definition) is 2. The van der Waals surface area contributed by atoms with Crippen molar-refractivity contribution in [3.63, 3.8) is 0 Å². The lowest BCUT2D eigenvalue weighted by molar-refractivity contribution is 0.0695. The van der Waals surface area contributed by atoms with Gasteiger partial charge in [0.05, 0.1) is 19.3 Å². The number of carboxylic acid groups (broad SMARTS) is 1. The van der Waals surface area contributed by atoms with Gasteiger partial charge >= 0.3 is 5.97 Å². The zero-order valence-corrected chi connectivity index (χ0v) is 21.5. The molecule has 0 unspecified atom stereocenters. The van der Waals surface area contributed by atoms with E-state index in [1.807, 2.05) is 12.3 Å². The maximum absolute atomic E-state index is 11.7. The number of ether oxygens (including phenoxy) is 2. The molecule has 0 spiro atoms. The molecule has 192 valence electrons. The summed E-state index contributed by atoms with van der Waals surface area (Å²) in [7, 11) is 1.75. The van der Waals surface area contributed by atoms with Gasteiger partial charge in [0.2, 0.25) is 0 Å². The fourth-order valence-electron chi connectivity index (χ4n) is 6.16. The van der Waals surface area contributed by atoms with E-state index in [0.717, 1.165) is 54.9 Å². The molecule has 1 aromatic heterocycles. The van der Waals surface area contributed by atoms with Crippen LogP contribution in [0.15, 0.2) is 36.5 Å². The fourth-order valence-corrected chi connectivity index (χ4v) is 6.16. The second-order valence-corrected chi connectivity index (χ2v) is 10.5. The van der Waals surface area contributed by atoms with Crippen molar-refractivity contribution < 1.29 is 19.4 Å². The SMILES string of the molecule is COc1cc(C)c2[nH]ccc2c1CN1CC[C@H]2CCCCCCCOc3cc(C(=O)O)ccc3[C@@H]1C2. The van der Waals surface area contributed by atoms with Gasteiger partial charge in [-0.05, 0) is 68.5 Å². The largest absolute Gasteiger partial charge is 0.496 e. The second kappa shape index (κ2) is 11.0. The number of aromatic carboxylic acids is 1. The van der Waals surface area contributed by atoms with Crippen LogP contribution in [0.5, 0.6) is 11.5 Å². The normalized spacial score (nSPS) is 21.5. The number of benzene rings is 2. The van der Waals surface area contributed by atoms with E-state index in [0.29, 0.717) is 12.5 Å². The van der Waals surface area contributed by atoms with Crippen LogP contribution in [0.25, 0.3) is 10.9 Å². The van der Waals surface area contributed by atoms with Crippen molar-refractivity contribution in [1.29, 1.82) is 0 Å². The summed E-state index contributed by atoms with van der Waals surface area (Å²) in [5.74, 6) is 1.41. The van der Waals surface area contributed by atoms with Crippen LogP contribution < -0.4 is 9.47 Å². The number of fused-ring (bicyclic) bond motifs is 5. The van der Waals surface area contributed by atoms with Crippen molar-refractivity contribution in [3.8, 4) is 11.5 Å². The van der Waals surface area contributed by atoms with E-state index in [1.165, 1.54) is 48.6 Å². The van der Waals surface area contributed by atoms with Crippen LogP contribution in [0.1, 0.15) is 84.5 Å². The van der Waals surface area contributed by atoms with Gasteiger partial charge < -0.3 is 19.6 Å². The average molecular weight is 491 g/mol. The molecule has 0 amide bonds. The number of carboxylic acids is 1. The summed E-state index contributed by atoms with van der Waals surface area (Å²) < 4.78 is 12.1. The monoisotopic (exact) mass is 490 g/mol. The van der Waals surface area contributed by atoms with Crippen LogP contribution in [0.4, 0.5) is 0 Å². The zero-order chi connectivity index (χ0) is 25.1. The van der Waals surface area contributed by atoms with Crippen LogP contribution >= 0.6 is 0 Å². The molecular formula is C30H38N2O4. The number of methoxy groups -OCH3 is 1. The molecule has 2 aliphatic heterocycles. The first-order valence-corrected chi connectivity index (χ1v) is 13.4. The Morgan fingerprint density at radius 1 is 1.14 bits per heavy atom. The van der Waals surface area contributed by atoms with Gasteiger partial charge in [-0.1, -0.05) is 38.2 Å². The highest BCUT2D eigenvalue weighted by atomic mass is 16.5. The predicted molar refractivity (Wildman–Crippen MR) is 142 cm³/mol. The van der Waals surface area contributed by atoms with E-state index in [4.69, 9.17) is 9.47 Å². The third-order valence-electron chi connectivity index (χ3n) is 8.15. The standard InChI is InChI=1S/C30H38N2O4/c1-20-16-27(35-2)25(23-11-13-31-29(20)23)19-32-14-12-21-8-6-4-3-5-7-15-36-28-18-22(30(33)34)9-10-24(28)26(32)17-21/h9-11,13,16,18,21,26,31H,3-8,12,14-15,17,19H2,1-2H3,(H,33,34)/t21-,26+/m1/s1. The summed E-state index contributed by atoms with van der Waals surface area (Å²) in [6, 6.07) is 9.91. The molecule has 3 aromatic rings. The van der Waals surface area contributed by atoms with E-state index in [2.05, 4.69) is 28.9 Å². The number of aromatic amines is 1. The molecule has 2 bridgehead atoms. The minimum absolute atomic E-state index is 0.169. The Bertz CT molecular complexity index is 1220. The number of aryl methyl sites for hydroxylation is 1. The number of H-pyrrole nitrogens is 1. The summed E-state index contributed by atoms with van der Waals surface area (Å²) >= 11 is 0. The highest BCUT2D eigenvalue weighted by Crippen LogP contribution is 2.43. The number of piperidine rings is 1. The molecule has 5 rings (SSSR count). The first-order valence-electron chi connectivity index (χ1n) is 13.4. The number of hydrogen-bond acceptors (Lipinski definition) is 4. The first-order chi connectivity index (χ1) is 17.5. The van der Waals surface area contributed by atoms with E-state index in [-0.39, 0.29) is 11.6 Å². The molecule has 2 N–H and O–H groups in total. The van der Waals surface area contributed by atoms with Crippen molar-refractivity contribution >= 4 is 16.9 Å². The fraction of sp³-hybridized carbons (Fsp3) is 0.500. The summed E-state index contributed by atoms with van der Waals surface area (Å²) in [6.45, 7) is 4.51. The van der Waals surface area contributed by atoms with Crippen LogP contribution in [-0.2, 0) is 6.54 Å². The Morgan fingerprint density at radius 2 is 1.97 bits per heavy atom. The van der Waals surface area contributed by atoms with Crippen molar-refractivity contribution in [2.75, 3.05) is 20.3 Å². The number of nitrogens with zero attached hydrogens (tertiary/aromatic N) is 1. The quantitative estimate of drug-likeness (QED) is 0.417. The maximum atomic E-state index is 11.7. The van der Waals surface area contributed by atoms with Gasteiger partial charge in [0.1, 0.15) is 11.5 Å². The Hall–Kier alpha value is -2.99. The van der Waals surface area contributed by atoms with Crippen LogP contribution in [0.2, 0.25) is 0 Å². The molecule has 1 fully saturated rings. The molecule has 0 aliphatic carbocycles. The van der Waals surface area contributed by atoms with E-state index >= 15 is 0 Å². The van der Waals surface area contributed by atoms with Gasteiger partial charge in [0.25, 0.3) is 0 Å². The zero-order valence-electron chi connectivity index (χ0n) is 21.5. The summed E-state index contributed by atoms with van der Waals surface area (Å²) in [6.07, 6.45) is 11.5. The minimum atomic E-state index is -0.915. The molecule has 6 nitrogen and oxygen atoms in total. The van der Waals surface area contributed by atoms with Crippen LogP contribution in [-0.4, -0.2) is 41.2 Å². The third-order valence-corrected chi connectivity index (χ3v) is 8.15. The lowest BCUT2D eigenvalue weighted by Crippen LogP contribution is -2.37. The highest BCUT2D eigenvalue weighted by Gasteiger charge is 2.33. The van der Waals surface area contributed by atoms with Crippen LogP contribution in [0.3, 0.4) is 0 Å². The molecule has 2 aromatic carbocycles. The molecule has 0 radical (unpaired) electrons. The third kappa shape index (κ3) is 5.10. The molecule has 0 saturated carbocycles. The van der Waals surface area contributed by atoms with E-state index in [1.54, 1.807) is 19.2 Å². The van der Waals surface area contributed by atoms with Gasteiger partial charge in [-0.2, -0.15) is 0 Å². The Labute approximate surface area is 213 Å². The van der Waals surface area contributed by atoms with Crippen LogP contribution in [0, 0.1) is 12.8 Å². The Kier molecular flexibility index (Phi) is 7.51. The molecule has 6 heteroatoms. The number of carbonyl (C=O) groups is 1. The van der Waals surface area contributed by atoms with Gasteiger partial charge in [-0.25, -0.2) is 4.79 Å². The number of nitrogens with one attached hydrogen (secondary N) is 1. The lowest BCUT2D eigenvalue weighted by Gasteiger charge is -2.41. The smallest absolute Gasteiger partial charge is 0.335 e. The number of aromatic nitrogens is 1. The Balaban J connectivity index is 1.54. The van der Waals surface area contributed by atoms with Gasteiger partial charge in [-0.15, -0.1) is 0 Å². The molecule has 3 heterocycles. The second-order valence-electron chi connectivity index (χ2n) is 10.5. The topological polar surface area (TPSA) is 74.8 Å². The lowest BCUT2D eigenvalue weighted by atomic mass is 9.83. The van der Waals surface area contributed by atoms with Gasteiger partial charge in [0, 0.05) is 40.8 Å². The summed E-state index contributed by atoms with van der Waals surface area (Å²) in [5.41, 5.74) is 4.93. The maximum Gasteiger partial charge on any atom is 0.335 e. The van der Waals surface area contributed by atoms with E-state index in [9.17, 15) is 9.90 Å². The molecule has 2 aliphatic rings. The van der Waals surface area contributed by atoms with E-state index < -0.39 is 5.97 Å². The average Bonchev–Trinajstić information content (AvgIpc) is 3.38. The first kappa shape index (κ1) is 24.7. The van der Waals surface area contributed by atoms with Gasteiger partial charge in [0.15, 0.2) is 0 Å². The predicted octanol–water partition coefficient (Wildman–Crippen LogP) is 6.87. The van der Waals surface area contributed by atoms with Crippen molar-refractivity contribution in [2.24, 2.45) is 5.92 Å². The highest BCUT2D eigenvalue weighted by molar-refractivity contribution is 5.89. The Morgan fingerprint density at radius 3 is 2.81 bits per heavy atom. The van der Waals surface area contributed by atoms with Crippen molar-refractivity contribution in [3.05, 3.63) is 58.8 Å². The molecule has 2 atom stereocenters. The summed E-state index contributed by atoms with van der Waals surface area (Å²) in [4.78, 5) is 17.7. The molecule has 36 heavy (non-hydrogen) atoms. The molecule has 1 saturated heterocycles. The van der Waals surface area contributed by atoms with Gasteiger partial charge in [-0.3, -0.25) is 4.90 Å². The van der Waals surface area contributed by atoms with Crippen molar-refractivity contribution in [1.82, 2.24) is 9.88 Å². The van der Waals surface area contributed by atoms with Crippen molar-refractivity contribution in [2.45, 2.75) is 70.9 Å². The summed E-state index contributed by atoms with van der Waals surface area (Å²) in [5, 5.41) is 10.8.